The standard InChI is InChI=1S/C14H15FN2O4S/c1-21-14(18)10-4-6-17(7-5-10)22(19,20)12-2-3-13(15)11(8-12)9-16/h2-3,8,10H,4-7H2,1H3. The molecule has 1 aliphatic rings. The number of nitriles is 1. The summed E-state index contributed by atoms with van der Waals surface area (Å²) in [4.78, 5) is 11.3. The highest BCUT2D eigenvalue weighted by Gasteiger charge is 2.32. The number of rotatable bonds is 3. The average Bonchev–Trinajstić information content (AvgIpc) is 2.54. The molecule has 0 radical (unpaired) electrons. The van der Waals surface area contributed by atoms with Gasteiger partial charge in [-0.3, -0.25) is 4.79 Å². The molecule has 1 aromatic carbocycles. The zero-order valence-electron chi connectivity index (χ0n) is 12.0. The van der Waals surface area contributed by atoms with E-state index >= 15 is 0 Å². The first-order valence-corrected chi connectivity index (χ1v) is 8.11. The lowest BCUT2D eigenvalue weighted by molar-refractivity contribution is -0.146. The van der Waals surface area contributed by atoms with Gasteiger partial charge in [0, 0.05) is 13.1 Å². The molecule has 1 aliphatic heterocycles. The van der Waals surface area contributed by atoms with Crippen molar-refractivity contribution in [2.45, 2.75) is 17.7 Å². The van der Waals surface area contributed by atoms with Crippen LogP contribution in [0, 0.1) is 23.1 Å². The van der Waals surface area contributed by atoms with Gasteiger partial charge >= 0.3 is 5.97 Å². The Labute approximate surface area is 128 Å². The van der Waals surface area contributed by atoms with E-state index in [4.69, 9.17) is 5.26 Å². The van der Waals surface area contributed by atoms with E-state index in [-0.39, 0.29) is 35.4 Å². The van der Waals surface area contributed by atoms with Gasteiger partial charge in [-0.2, -0.15) is 9.57 Å². The van der Waals surface area contributed by atoms with Crippen molar-refractivity contribution in [3.63, 3.8) is 0 Å². The molecule has 1 fully saturated rings. The zero-order chi connectivity index (χ0) is 16.3. The van der Waals surface area contributed by atoms with E-state index < -0.39 is 15.8 Å². The molecule has 0 atom stereocenters. The normalized spacial score (nSPS) is 17.0. The predicted molar refractivity (Wildman–Crippen MR) is 74.6 cm³/mol. The van der Waals surface area contributed by atoms with Crippen LogP contribution in [0.15, 0.2) is 23.1 Å². The second-order valence-corrected chi connectivity index (χ2v) is 6.89. The first kappa shape index (κ1) is 16.4. The quantitative estimate of drug-likeness (QED) is 0.781. The van der Waals surface area contributed by atoms with E-state index in [0.29, 0.717) is 12.8 Å². The molecule has 0 amide bonds. The van der Waals surface area contributed by atoms with Gasteiger partial charge in [0.05, 0.1) is 23.5 Å². The van der Waals surface area contributed by atoms with Gasteiger partial charge in [-0.1, -0.05) is 0 Å². The van der Waals surface area contributed by atoms with Crippen LogP contribution in [-0.2, 0) is 19.6 Å². The van der Waals surface area contributed by atoms with Crippen molar-refractivity contribution in [1.82, 2.24) is 4.31 Å². The van der Waals surface area contributed by atoms with Gasteiger partial charge in [0.15, 0.2) is 0 Å². The van der Waals surface area contributed by atoms with Gasteiger partial charge in [-0.05, 0) is 31.0 Å². The van der Waals surface area contributed by atoms with Gasteiger partial charge in [0.1, 0.15) is 11.9 Å². The Hall–Kier alpha value is -1.98. The van der Waals surface area contributed by atoms with Crippen molar-refractivity contribution >= 4 is 16.0 Å². The third-order valence-corrected chi connectivity index (χ3v) is 5.58. The first-order chi connectivity index (χ1) is 10.4. The summed E-state index contributed by atoms with van der Waals surface area (Å²) in [6.07, 6.45) is 0.746. The van der Waals surface area contributed by atoms with Crippen LogP contribution in [0.5, 0.6) is 0 Å². The van der Waals surface area contributed by atoms with Crippen molar-refractivity contribution in [3.8, 4) is 6.07 Å². The number of carbonyl (C=O) groups excluding carboxylic acids is 1. The first-order valence-electron chi connectivity index (χ1n) is 6.67. The van der Waals surface area contributed by atoms with Crippen LogP contribution in [0.2, 0.25) is 0 Å². The zero-order valence-corrected chi connectivity index (χ0v) is 12.8. The lowest BCUT2D eigenvalue weighted by Crippen LogP contribution is -2.40. The van der Waals surface area contributed by atoms with E-state index in [1.807, 2.05) is 0 Å². The number of nitrogens with zero attached hydrogens (tertiary/aromatic N) is 2. The Morgan fingerprint density at radius 1 is 1.41 bits per heavy atom. The van der Waals surface area contributed by atoms with E-state index in [1.54, 1.807) is 6.07 Å². The monoisotopic (exact) mass is 326 g/mol. The Morgan fingerprint density at radius 2 is 2.05 bits per heavy atom. The molecule has 6 nitrogen and oxygen atoms in total. The molecule has 118 valence electrons. The van der Waals surface area contributed by atoms with Crippen LogP contribution in [0.3, 0.4) is 0 Å². The Bertz CT molecular complexity index is 719. The fourth-order valence-electron chi connectivity index (χ4n) is 2.40. The summed E-state index contributed by atoms with van der Waals surface area (Å²) in [5.41, 5.74) is -0.314. The summed E-state index contributed by atoms with van der Waals surface area (Å²) in [7, 11) is -2.50. The molecule has 0 aliphatic carbocycles. The second kappa shape index (κ2) is 6.42. The minimum absolute atomic E-state index is 0.123. The van der Waals surface area contributed by atoms with Gasteiger partial charge in [-0.15, -0.1) is 0 Å². The van der Waals surface area contributed by atoms with Crippen molar-refractivity contribution in [2.75, 3.05) is 20.2 Å². The van der Waals surface area contributed by atoms with Crippen LogP contribution >= 0.6 is 0 Å². The van der Waals surface area contributed by atoms with Gasteiger partial charge in [0.2, 0.25) is 10.0 Å². The van der Waals surface area contributed by atoms with Crippen LogP contribution < -0.4 is 0 Å². The second-order valence-electron chi connectivity index (χ2n) is 4.95. The van der Waals surface area contributed by atoms with Crippen LogP contribution in [-0.4, -0.2) is 38.9 Å². The molecule has 22 heavy (non-hydrogen) atoms. The van der Waals surface area contributed by atoms with E-state index in [1.165, 1.54) is 11.4 Å². The van der Waals surface area contributed by atoms with Gasteiger partial charge in [-0.25, -0.2) is 12.8 Å². The van der Waals surface area contributed by atoms with Crippen molar-refractivity contribution in [1.29, 1.82) is 5.26 Å². The maximum absolute atomic E-state index is 13.3. The summed E-state index contributed by atoms with van der Waals surface area (Å²) < 4.78 is 44.2. The number of esters is 1. The van der Waals surface area contributed by atoms with Crippen LogP contribution in [0.25, 0.3) is 0 Å². The minimum Gasteiger partial charge on any atom is -0.469 e. The maximum atomic E-state index is 13.3. The molecule has 0 aromatic heterocycles. The summed E-state index contributed by atoms with van der Waals surface area (Å²) in [5, 5.41) is 8.79. The Balaban J connectivity index is 2.19. The maximum Gasteiger partial charge on any atom is 0.308 e. The highest BCUT2D eigenvalue weighted by atomic mass is 32.2. The average molecular weight is 326 g/mol. The fourth-order valence-corrected chi connectivity index (χ4v) is 3.89. The Morgan fingerprint density at radius 3 is 2.59 bits per heavy atom. The lowest BCUT2D eigenvalue weighted by Gasteiger charge is -2.29. The number of piperidine rings is 1. The summed E-state index contributed by atoms with van der Waals surface area (Å²) in [6, 6.07) is 4.75. The smallest absolute Gasteiger partial charge is 0.308 e. The number of hydrogen-bond donors (Lipinski definition) is 0. The third kappa shape index (κ3) is 3.10. The molecule has 0 saturated carbocycles. The molecule has 1 heterocycles. The number of carbonyl (C=O) groups is 1. The lowest BCUT2D eigenvalue weighted by atomic mass is 9.99. The number of halogens is 1. The fraction of sp³-hybridized carbons (Fsp3) is 0.429. The minimum atomic E-state index is -3.80. The predicted octanol–water partition coefficient (Wildman–Crippen LogP) is 1.27. The highest BCUT2D eigenvalue weighted by Crippen LogP contribution is 2.25. The Kier molecular flexibility index (Phi) is 4.78. The largest absolute Gasteiger partial charge is 0.469 e. The number of benzene rings is 1. The van der Waals surface area contributed by atoms with Gasteiger partial charge in [0.25, 0.3) is 0 Å². The van der Waals surface area contributed by atoms with E-state index in [2.05, 4.69) is 4.74 Å². The highest BCUT2D eigenvalue weighted by molar-refractivity contribution is 7.89. The van der Waals surface area contributed by atoms with Crippen molar-refractivity contribution < 1.29 is 22.3 Å². The topological polar surface area (TPSA) is 87.5 Å². The molecule has 0 unspecified atom stereocenters. The van der Waals surface area contributed by atoms with E-state index in [0.717, 1.165) is 18.2 Å². The molecule has 0 spiro atoms. The number of methoxy groups -OCH3 is 1. The summed E-state index contributed by atoms with van der Waals surface area (Å²) in [6.45, 7) is 0.364. The molecule has 8 heteroatoms. The van der Waals surface area contributed by atoms with Crippen molar-refractivity contribution in [2.24, 2.45) is 5.92 Å². The number of ether oxygens (including phenoxy) is 1. The summed E-state index contributed by atoms with van der Waals surface area (Å²) >= 11 is 0. The molecule has 0 bridgehead atoms. The third-order valence-electron chi connectivity index (χ3n) is 3.68. The van der Waals surface area contributed by atoms with Crippen LogP contribution in [0.4, 0.5) is 4.39 Å². The van der Waals surface area contributed by atoms with E-state index in [9.17, 15) is 17.6 Å². The van der Waals surface area contributed by atoms with Crippen LogP contribution in [0.1, 0.15) is 18.4 Å². The molecule has 2 rings (SSSR count). The molecular formula is C14H15FN2O4S. The molecular weight excluding hydrogens is 311 g/mol. The molecule has 0 N–H and O–H groups in total. The molecule has 1 saturated heterocycles. The van der Waals surface area contributed by atoms with Gasteiger partial charge < -0.3 is 4.74 Å². The number of sulfonamides is 1. The SMILES string of the molecule is COC(=O)C1CCN(S(=O)(=O)c2ccc(F)c(C#N)c2)CC1. The summed E-state index contributed by atoms with van der Waals surface area (Å²) in [5.74, 6) is -1.41. The number of hydrogen-bond acceptors (Lipinski definition) is 5. The molecule has 1 aromatic rings. The van der Waals surface area contributed by atoms with Crippen molar-refractivity contribution in [3.05, 3.63) is 29.6 Å².